The van der Waals surface area contributed by atoms with Crippen LogP contribution >= 0.6 is 42.7 Å². The number of benzene rings is 1. The first-order valence-corrected chi connectivity index (χ1v) is 16.2. The van der Waals surface area contributed by atoms with Gasteiger partial charge in [0.15, 0.2) is 22.1 Å². The quantitative estimate of drug-likeness (QED) is 0.0903. The number of anilines is 1. The summed E-state index contributed by atoms with van der Waals surface area (Å²) >= 11 is 13.9. The van der Waals surface area contributed by atoms with E-state index in [1.54, 1.807) is 20.8 Å². The zero-order chi connectivity index (χ0) is 30.7. The fourth-order valence-corrected chi connectivity index (χ4v) is 6.81. The van der Waals surface area contributed by atoms with Gasteiger partial charge < -0.3 is 20.7 Å². The number of nitrogen functional groups attached to an aromatic ring is 1. The lowest BCUT2D eigenvalue weighted by Crippen LogP contribution is -2.40. The number of ether oxygens (including phenoxy) is 1. The Bertz CT molecular complexity index is 1450. The van der Waals surface area contributed by atoms with Gasteiger partial charge in [-0.1, -0.05) is 53.7 Å². The Morgan fingerprint density at radius 1 is 1.31 bits per heavy atom. The number of alkyl halides is 1. The Morgan fingerprint density at radius 2 is 2.02 bits per heavy atom. The number of nitrogens with one attached hydrogen (secondary N) is 1. The maximum atomic E-state index is 13.7. The monoisotopic (exact) mass is 662 g/mol. The smallest absolute Gasteiger partial charge is 0.395 e. The molecule has 0 saturated carbocycles. The van der Waals surface area contributed by atoms with Crippen molar-refractivity contribution >= 4 is 64.9 Å². The van der Waals surface area contributed by atoms with Crippen molar-refractivity contribution in [2.45, 2.75) is 50.6 Å². The zero-order valence-corrected chi connectivity index (χ0v) is 26.4. The first kappa shape index (κ1) is 33.1. The molecule has 230 valence electrons. The molecular formula is C25H33Cl2N6O7PS. The Morgan fingerprint density at radius 3 is 2.71 bits per heavy atom. The van der Waals surface area contributed by atoms with Crippen molar-refractivity contribution < 1.29 is 33.4 Å². The average Bonchev–Trinajstić information content (AvgIpc) is 3.47. The van der Waals surface area contributed by atoms with Gasteiger partial charge in [-0.3, -0.25) is 18.4 Å². The van der Waals surface area contributed by atoms with Gasteiger partial charge in [-0.15, -0.1) is 11.6 Å². The van der Waals surface area contributed by atoms with Crippen LogP contribution in [-0.2, 0) is 29.7 Å². The van der Waals surface area contributed by atoms with E-state index in [1.807, 2.05) is 30.3 Å². The Kier molecular flexibility index (Phi) is 10.6. The summed E-state index contributed by atoms with van der Waals surface area (Å²) in [5.41, 5.74) is 6.21. The molecule has 5 atom stereocenters. The van der Waals surface area contributed by atoms with Crippen LogP contribution in [0.25, 0.3) is 11.2 Å². The normalized spacial score (nSPS) is 24.2. The number of hydrogen-bond donors (Lipinski definition) is 4. The molecule has 1 unspecified atom stereocenters. The van der Waals surface area contributed by atoms with E-state index < -0.39 is 36.5 Å². The minimum Gasteiger partial charge on any atom is -0.395 e. The predicted molar refractivity (Wildman–Crippen MR) is 160 cm³/mol. The summed E-state index contributed by atoms with van der Waals surface area (Å²) in [5, 5.41) is 23.1. The highest BCUT2D eigenvalue weighted by molar-refractivity contribution is 8.13. The molecule has 1 aliphatic heterocycles. The van der Waals surface area contributed by atoms with Gasteiger partial charge in [0, 0.05) is 12.3 Å². The summed E-state index contributed by atoms with van der Waals surface area (Å²) in [7, 11) is -3.98. The number of nitrogens with zero attached hydrogens (tertiary/aromatic N) is 4. The molecule has 17 heteroatoms. The number of thioether (sulfide) groups is 1. The number of nitrogens with two attached hydrogens (primary N) is 1. The fourth-order valence-electron chi connectivity index (χ4n) is 4.06. The van der Waals surface area contributed by atoms with Gasteiger partial charge in [0.1, 0.15) is 22.6 Å². The molecule has 42 heavy (non-hydrogen) atoms. The van der Waals surface area contributed by atoms with E-state index in [0.717, 1.165) is 17.3 Å². The van der Waals surface area contributed by atoms with Gasteiger partial charge in [0.05, 0.1) is 31.6 Å². The second-order valence-corrected chi connectivity index (χ2v) is 14.5. The van der Waals surface area contributed by atoms with Crippen LogP contribution in [0.5, 0.6) is 0 Å². The van der Waals surface area contributed by atoms with Crippen LogP contribution in [0.1, 0.15) is 32.6 Å². The highest BCUT2D eigenvalue weighted by Crippen LogP contribution is 2.48. The molecular weight excluding hydrogens is 630 g/mol. The molecule has 0 radical (unpaired) electrons. The van der Waals surface area contributed by atoms with E-state index in [-0.39, 0.29) is 59.5 Å². The Hall–Kier alpha value is -1.84. The molecule has 3 heterocycles. The summed E-state index contributed by atoms with van der Waals surface area (Å²) in [6, 6.07) is 9.21. The third-order valence-corrected chi connectivity index (χ3v) is 10.0. The Labute approximate surface area is 257 Å². The standard InChI is InChI=1S/C25H33Cl2N6O7PS/c1-24(2,13-34)22(36)42-10-9-38-41(37,30-11-15-7-5-4-6-8-15)39-12-16-18(35)25(3,27)21(40-16)33-14-29-17-19(26)31-23(28)32-20(17)33/h4-8,14,16,18,21,34-35H,9-13H2,1-3H3,(H,30,37)(H2,28,31,32)/t16-,18-,21-,25-,41?/m1/s1. The number of aromatic nitrogens is 4. The van der Waals surface area contributed by atoms with E-state index in [2.05, 4.69) is 20.0 Å². The maximum Gasteiger partial charge on any atom is 0.405 e. The molecule has 0 bridgehead atoms. The number of imidazole rings is 1. The largest absolute Gasteiger partial charge is 0.405 e. The van der Waals surface area contributed by atoms with Crippen molar-refractivity contribution in [3.63, 3.8) is 0 Å². The van der Waals surface area contributed by atoms with Crippen LogP contribution in [0.3, 0.4) is 0 Å². The molecule has 1 aromatic carbocycles. The summed E-state index contributed by atoms with van der Waals surface area (Å²) < 4.78 is 32.7. The van der Waals surface area contributed by atoms with E-state index in [9.17, 15) is 19.6 Å². The van der Waals surface area contributed by atoms with Gasteiger partial charge in [-0.25, -0.2) is 14.6 Å². The topological polar surface area (TPSA) is 184 Å². The van der Waals surface area contributed by atoms with E-state index in [0.29, 0.717) is 0 Å². The molecule has 2 aromatic heterocycles. The minimum absolute atomic E-state index is 0.0494. The molecule has 0 spiro atoms. The molecule has 1 aliphatic rings. The number of aliphatic hydroxyl groups is 2. The first-order valence-electron chi connectivity index (χ1n) is 12.9. The molecule has 4 rings (SSSR count). The van der Waals surface area contributed by atoms with Gasteiger partial charge >= 0.3 is 7.75 Å². The summed E-state index contributed by atoms with van der Waals surface area (Å²) in [6.45, 7) is 4.25. The number of carbonyl (C=O) groups is 1. The lowest BCUT2D eigenvalue weighted by molar-refractivity contribution is -0.119. The fraction of sp³-hybridized carbons (Fsp3) is 0.520. The number of hydrogen-bond acceptors (Lipinski definition) is 12. The minimum atomic E-state index is -3.98. The average molecular weight is 664 g/mol. The summed E-state index contributed by atoms with van der Waals surface area (Å²) in [5.74, 6) is 0.0974. The molecule has 3 aromatic rings. The van der Waals surface area contributed by atoms with E-state index in [1.165, 1.54) is 10.9 Å². The van der Waals surface area contributed by atoms with Crippen molar-refractivity contribution in [1.82, 2.24) is 24.6 Å². The number of aliphatic hydroxyl groups excluding tert-OH is 2. The van der Waals surface area contributed by atoms with Crippen LogP contribution in [0.2, 0.25) is 5.15 Å². The predicted octanol–water partition coefficient (Wildman–Crippen LogP) is 3.53. The number of fused-ring (bicyclic) bond motifs is 1. The van der Waals surface area contributed by atoms with Gasteiger partial charge in [-0.05, 0) is 26.3 Å². The number of halogens is 2. The van der Waals surface area contributed by atoms with E-state index >= 15 is 0 Å². The van der Waals surface area contributed by atoms with Crippen molar-refractivity contribution in [3.05, 3.63) is 47.4 Å². The van der Waals surface area contributed by atoms with Crippen molar-refractivity contribution in [2.24, 2.45) is 5.41 Å². The molecule has 0 amide bonds. The van der Waals surface area contributed by atoms with Gasteiger partial charge in [0.2, 0.25) is 5.95 Å². The highest BCUT2D eigenvalue weighted by atomic mass is 35.5. The van der Waals surface area contributed by atoms with Crippen molar-refractivity contribution in [1.29, 1.82) is 0 Å². The van der Waals surface area contributed by atoms with Crippen LogP contribution in [0.15, 0.2) is 36.7 Å². The second kappa shape index (κ2) is 13.4. The second-order valence-electron chi connectivity index (χ2n) is 10.4. The lowest BCUT2D eigenvalue weighted by atomic mass is 9.97. The third kappa shape index (κ3) is 7.44. The van der Waals surface area contributed by atoms with Crippen LogP contribution < -0.4 is 10.8 Å². The number of carbonyl (C=O) groups excluding carboxylic acids is 1. The molecule has 1 saturated heterocycles. The molecule has 0 aliphatic carbocycles. The van der Waals surface area contributed by atoms with Crippen molar-refractivity contribution in [2.75, 3.05) is 31.3 Å². The third-order valence-electron chi connectivity index (χ3n) is 6.62. The zero-order valence-electron chi connectivity index (χ0n) is 23.1. The maximum absolute atomic E-state index is 13.7. The van der Waals surface area contributed by atoms with Gasteiger partial charge in [-0.2, -0.15) is 9.97 Å². The SMILES string of the molecule is CC(C)(CO)C(=O)SCCOP(=O)(NCc1ccccc1)OC[C@H]1O[C@@H](n2cnc3c(Cl)nc(N)nc32)[C@](C)(Cl)[C@@H]1O. The lowest BCUT2D eigenvalue weighted by Gasteiger charge is -2.26. The first-order chi connectivity index (χ1) is 19.8. The molecule has 13 nitrogen and oxygen atoms in total. The summed E-state index contributed by atoms with van der Waals surface area (Å²) in [4.78, 5) is 23.2. The molecule has 5 N–H and O–H groups in total. The number of rotatable bonds is 13. The highest BCUT2D eigenvalue weighted by Gasteiger charge is 2.54. The Balaban J connectivity index is 1.46. The van der Waals surface area contributed by atoms with Crippen LogP contribution in [-0.4, -0.2) is 77.5 Å². The van der Waals surface area contributed by atoms with E-state index in [4.69, 9.17) is 42.7 Å². The van der Waals surface area contributed by atoms with Crippen LogP contribution in [0, 0.1) is 5.41 Å². The van der Waals surface area contributed by atoms with Crippen LogP contribution in [0.4, 0.5) is 5.95 Å². The van der Waals surface area contributed by atoms with Crippen molar-refractivity contribution in [3.8, 4) is 0 Å². The molecule has 1 fully saturated rings. The van der Waals surface area contributed by atoms with Gasteiger partial charge in [0.25, 0.3) is 0 Å². The summed E-state index contributed by atoms with van der Waals surface area (Å²) in [6.07, 6.45) is -1.87.